The van der Waals surface area contributed by atoms with Crippen molar-refractivity contribution >= 4 is 12.3 Å². The molecule has 0 aliphatic rings. The number of nitrogens with two attached hydrogens (primary N) is 1. The Kier molecular flexibility index (Phi) is 35.6. The van der Waals surface area contributed by atoms with Gasteiger partial charge in [0.2, 0.25) is 0 Å². The number of hydrogen-bond donors (Lipinski definition) is 1. The zero-order valence-corrected chi connectivity index (χ0v) is 26.1. The van der Waals surface area contributed by atoms with Crippen LogP contribution in [0.5, 0.6) is 0 Å². The summed E-state index contributed by atoms with van der Waals surface area (Å²) in [4.78, 5) is 27.0. The summed E-state index contributed by atoms with van der Waals surface area (Å²) < 4.78 is 10.3. The number of esters is 1. The highest BCUT2D eigenvalue weighted by Crippen LogP contribution is 2.07. The molecule has 0 atom stereocenters. The van der Waals surface area contributed by atoms with E-state index in [1.54, 1.807) is 7.11 Å². The van der Waals surface area contributed by atoms with Gasteiger partial charge in [0.05, 0.1) is 13.0 Å². The van der Waals surface area contributed by atoms with Gasteiger partial charge in [-0.05, 0) is 50.0 Å². The molecule has 0 aromatic heterocycles. The molecule has 0 bridgehead atoms. The van der Waals surface area contributed by atoms with Gasteiger partial charge in [0.15, 0.2) is 0 Å². The van der Waals surface area contributed by atoms with Gasteiger partial charge >= 0.3 is 5.97 Å². The minimum atomic E-state index is -0.212. The molecule has 0 fully saturated rings. The Morgan fingerprint density at radius 1 is 0.842 bits per heavy atom. The topological polar surface area (TPSA) is 85.1 Å². The zero-order valence-electron chi connectivity index (χ0n) is 26.1. The molecular formula is C31H61N3O4. The van der Waals surface area contributed by atoms with Crippen LogP contribution in [0.1, 0.15) is 85.3 Å². The van der Waals surface area contributed by atoms with Crippen molar-refractivity contribution in [3.63, 3.8) is 0 Å². The molecule has 0 aliphatic heterocycles. The zero-order chi connectivity index (χ0) is 29.4. The first-order valence-electron chi connectivity index (χ1n) is 14.8. The monoisotopic (exact) mass is 539 g/mol. The number of carbonyl (C=O) groups excluding carboxylic acids is 2. The van der Waals surface area contributed by atoms with Crippen LogP contribution in [-0.2, 0) is 31.9 Å². The van der Waals surface area contributed by atoms with E-state index in [0.29, 0.717) is 13.0 Å². The molecule has 0 amide bonds. The lowest BCUT2D eigenvalue weighted by atomic mass is 10.1. The molecule has 0 saturated carbocycles. The average molecular weight is 540 g/mol. The standard InChI is InChI=1S/C18H27NO3.C8H20N2O.C3H8.C2H6/c1-3-9-19(10-4-2)11-13-22-18(21)15-17-7-5-6-16(14-17)8-12-20;1-3-5-10(6-4-9)7-8-11-2;1-3-2;1-2/h5-7,12,14H,3-4,8-11,13,15H2,1-2H3;3-9H2,1-2H3;3H2,1-2H3;1-2H3. The molecule has 0 unspecified atom stereocenters. The Balaban J connectivity index is -0.000000641. The summed E-state index contributed by atoms with van der Waals surface area (Å²) in [5, 5.41) is 0. The molecule has 0 heterocycles. The lowest BCUT2D eigenvalue weighted by Gasteiger charge is -2.20. The second kappa shape index (κ2) is 33.2. The predicted octanol–water partition coefficient (Wildman–Crippen LogP) is 5.38. The summed E-state index contributed by atoms with van der Waals surface area (Å²) >= 11 is 0. The van der Waals surface area contributed by atoms with Crippen LogP contribution < -0.4 is 5.73 Å². The molecule has 0 aliphatic carbocycles. The Hall–Kier alpha value is -1.80. The fourth-order valence-electron chi connectivity index (χ4n) is 3.49. The molecule has 224 valence electrons. The summed E-state index contributed by atoms with van der Waals surface area (Å²) in [5.41, 5.74) is 7.27. The molecule has 0 spiro atoms. The van der Waals surface area contributed by atoms with Crippen LogP contribution >= 0.6 is 0 Å². The number of ether oxygens (including phenoxy) is 2. The molecule has 0 saturated heterocycles. The van der Waals surface area contributed by atoms with Crippen molar-refractivity contribution in [3.05, 3.63) is 35.4 Å². The minimum absolute atomic E-state index is 0.212. The number of benzene rings is 1. The summed E-state index contributed by atoms with van der Waals surface area (Å²) in [6, 6.07) is 7.52. The fourth-order valence-corrected chi connectivity index (χ4v) is 3.49. The van der Waals surface area contributed by atoms with Crippen LogP contribution in [0.4, 0.5) is 0 Å². The average Bonchev–Trinajstić information content (AvgIpc) is 2.90. The SMILES string of the molecule is CC.CCC.CCCN(CCC)CCOC(=O)Cc1cccc(CC=O)c1.CCCN(CCN)CCOC. The van der Waals surface area contributed by atoms with Gasteiger partial charge in [-0.15, -0.1) is 0 Å². The van der Waals surface area contributed by atoms with Crippen LogP contribution in [-0.4, -0.2) is 88.2 Å². The largest absolute Gasteiger partial charge is 0.464 e. The number of rotatable bonds is 18. The smallest absolute Gasteiger partial charge is 0.310 e. The summed E-state index contributed by atoms with van der Waals surface area (Å²) in [7, 11) is 1.73. The van der Waals surface area contributed by atoms with E-state index in [2.05, 4.69) is 44.4 Å². The maximum Gasteiger partial charge on any atom is 0.310 e. The summed E-state index contributed by atoms with van der Waals surface area (Å²) in [6.45, 7) is 22.7. The normalized spacial score (nSPS) is 9.97. The lowest BCUT2D eigenvalue weighted by molar-refractivity contribution is -0.143. The number of hydrogen-bond acceptors (Lipinski definition) is 7. The Labute approximate surface area is 235 Å². The van der Waals surface area contributed by atoms with E-state index in [9.17, 15) is 9.59 Å². The molecular weight excluding hydrogens is 478 g/mol. The highest BCUT2D eigenvalue weighted by Gasteiger charge is 2.08. The van der Waals surface area contributed by atoms with Crippen molar-refractivity contribution in [1.29, 1.82) is 0 Å². The van der Waals surface area contributed by atoms with Crippen molar-refractivity contribution in [2.75, 3.05) is 66.1 Å². The van der Waals surface area contributed by atoms with Gasteiger partial charge in [-0.2, -0.15) is 0 Å². The quantitative estimate of drug-likeness (QED) is 0.198. The number of nitrogens with zero attached hydrogens (tertiary/aromatic N) is 2. The maximum absolute atomic E-state index is 11.9. The van der Waals surface area contributed by atoms with Crippen LogP contribution in [0.2, 0.25) is 0 Å². The molecule has 1 aromatic rings. The third-order valence-electron chi connectivity index (χ3n) is 5.01. The molecule has 2 N–H and O–H groups in total. The predicted molar refractivity (Wildman–Crippen MR) is 163 cm³/mol. The van der Waals surface area contributed by atoms with Gasteiger partial charge in [-0.25, -0.2) is 0 Å². The molecule has 1 rings (SSSR count). The summed E-state index contributed by atoms with van der Waals surface area (Å²) in [5.74, 6) is -0.212. The molecule has 7 nitrogen and oxygen atoms in total. The second-order valence-corrected chi connectivity index (χ2v) is 8.76. The number of aldehydes is 1. The number of carbonyl (C=O) groups is 2. The third-order valence-corrected chi connectivity index (χ3v) is 5.01. The van der Waals surface area contributed by atoms with E-state index >= 15 is 0 Å². The second-order valence-electron chi connectivity index (χ2n) is 8.76. The van der Waals surface area contributed by atoms with Gasteiger partial charge in [0.1, 0.15) is 12.9 Å². The molecule has 1 aromatic carbocycles. The van der Waals surface area contributed by atoms with Crippen LogP contribution in [0.3, 0.4) is 0 Å². The first kappa shape index (κ1) is 40.7. The Morgan fingerprint density at radius 3 is 1.82 bits per heavy atom. The minimum Gasteiger partial charge on any atom is -0.464 e. The summed E-state index contributed by atoms with van der Waals surface area (Å²) in [6.07, 6.45) is 6.16. The molecule has 7 heteroatoms. The van der Waals surface area contributed by atoms with E-state index in [0.717, 1.165) is 82.7 Å². The first-order chi connectivity index (χ1) is 18.4. The van der Waals surface area contributed by atoms with Gasteiger partial charge in [-0.1, -0.05) is 79.2 Å². The van der Waals surface area contributed by atoms with Crippen molar-refractivity contribution < 1.29 is 19.1 Å². The fraction of sp³-hybridized carbons (Fsp3) is 0.742. The third kappa shape index (κ3) is 27.2. The van der Waals surface area contributed by atoms with E-state index in [4.69, 9.17) is 15.2 Å². The lowest BCUT2D eigenvalue weighted by Crippen LogP contribution is -2.32. The van der Waals surface area contributed by atoms with Gasteiger partial charge in [0.25, 0.3) is 0 Å². The van der Waals surface area contributed by atoms with Gasteiger partial charge in [0, 0.05) is 39.7 Å². The van der Waals surface area contributed by atoms with Crippen LogP contribution in [0, 0.1) is 0 Å². The highest BCUT2D eigenvalue weighted by molar-refractivity contribution is 5.72. The van der Waals surface area contributed by atoms with E-state index in [1.807, 2.05) is 38.1 Å². The van der Waals surface area contributed by atoms with E-state index < -0.39 is 0 Å². The molecule has 38 heavy (non-hydrogen) atoms. The van der Waals surface area contributed by atoms with Crippen LogP contribution in [0.25, 0.3) is 0 Å². The van der Waals surface area contributed by atoms with Crippen LogP contribution in [0.15, 0.2) is 24.3 Å². The Morgan fingerprint density at radius 2 is 1.34 bits per heavy atom. The van der Waals surface area contributed by atoms with Crippen molar-refractivity contribution in [2.24, 2.45) is 5.73 Å². The first-order valence-corrected chi connectivity index (χ1v) is 14.8. The van der Waals surface area contributed by atoms with Crippen molar-refractivity contribution in [3.8, 4) is 0 Å². The maximum atomic E-state index is 11.9. The van der Waals surface area contributed by atoms with E-state index in [1.165, 1.54) is 12.8 Å². The Bertz CT molecular complexity index is 617. The van der Waals surface area contributed by atoms with Gasteiger partial charge < -0.3 is 20.0 Å². The van der Waals surface area contributed by atoms with Crippen molar-refractivity contribution in [2.45, 2.75) is 87.0 Å². The molecule has 0 radical (unpaired) electrons. The highest BCUT2D eigenvalue weighted by atomic mass is 16.5. The van der Waals surface area contributed by atoms with E-state index in [-0.39, 0.29) is 12.4 Å². The van der Waals surface area contributed by atoms with Gasteiger partial charge in [-0.3, -0.25) is 14.6 Å². The van der Waals surface area contributed by atoms with Crippen molar-refractivity contribution in [1.82, 2.24) is 9.80 Å². The number of methoxy groups -OCH3 is 1.